The molecule has 2 saturated carbocycles. The number of aliphatic hydroxyl groups is 1. The van der Waals surface area contributed by atoms with Crippen LogP contribution < -0.4 is 0 Å². The Morgan fingerprint density at radius 2 is 2.29 bits per heavy atom. The smallest absolute Gasteiger partial charge is 0.157 e. The second kappa shape index (κ2) is 3.36. The van der Waals surface area contributed by atoms with E-state index in [0.29, 0.717) is 23.2 Å². The Balaban J connectivity index is 1.73. The molecule has 1 heterocycles. The summed E-state index contributed by atoms with van der Waals surface area (Å²) < 4.78 is 5.53. The molecule has 4 rings (SSSR count). The standard InChI is InChI=1S/C15H22O2/c1-15-7-2-3-10-5-4-9-6-8-17-14(16)11(9)13(15)12(10)15/h3,9,11-14,16H,2,4-8H2,1H3/t9-,11+,12+,13-,14-,15+/m1/s1. The number of aliphatic hydroxyl groups excluding tert-OH is 1. The Labute approximate surface area is 103 Å². The first kappa shape index (κ1) is 10.6. The van der Waals surface area contributed by atoms with Crippen LogP contribution in [0.3, 0.4) is 0 Å². The van der Waals surface area contributed by atoms with Crippen LogP contribution in [0.2, 0.25) is 0 Å². The van der Waals surface area contributed by atoms with Gasteiger partial charge in [-0.1, -0.05) is 18.6 Å². The lowest BCUT2D eigenvalue weighted by molar-refractivity contribution is -0.185. The number of fused-ring (bicyclic) bond motifs is 3. The molecule has 0 aromatic heterocycles. The van der Waals surface area contributed by atoms with E-state index in [2.05, 4.69) is 13.0 Å². The average molecular weight is 234 g/mol. The van der Waals surface area contributed by atoms with Crippen molar-refractivity contribution in [3.8, 4) is 0 Å². The summed E-state index contributed by atoms with van der Waals surface area (Å²) in [5.41, 5.74) is 2.21. The second-order valence-corrected chi connectivity index (χ2v) is 6.75. The van der Waals surface area contributed by atoms with E-state index >= 15 is 0 Å². The third-order valence-electron chi connectivity index (χ3n) is 6.08. The Morgan fingerprint density at radius 1 is 1.41 bits per heavy atom. The highest BCUT2D eigenvalue weighted by molar-refractivity contribution is 5.31. The van der Waals surface area contributed by atoms with Crippen molar-refractivity contribution in [2.75, 3.05) is 6.61 Å². The van der Waals surface area contributed by atoms with Crippen LogP contribution in [0.1, 0.15) is 39.0 Å². The Bertz CT molecular complexity index is 375. The number of ether oxygens (including phenoxy) is 1. The Hall–Kier alpha value is -0.340. The summed E-state index contributed by atoms with van der Waals surface area (Å²) in [4.78, 5) is 0. The van der Waals surface area contributed by atoms with Gasteiger partial charge in [-0.05, 0) is 55.3 Å². The molecule has 0 unspecified atom stereocenters. The molecule has 0 aromatic rings. The molecular weight excluding hydrogens is 212 g/mol. The summed E-state index contributed by atoms with van der Waals surface area (Å²) in [7, 11) is 0. The van der Waals surface area contributed by atoms with Crippen LogP contribution in [0.4, 0.5) is 0 Å². The molecule has 0 amide bonds. The molecule has 0 bridgehead atoms. The molecule has 0 spiro atoms. The number of hydrogen-bond acceptors (Lipinski definition) is 2. The minimum absolute atomic E-state index is 0.419. The minimum Gasteiger partial charge on any atom is -0.368 e. The van der Waals surface area contributed by atoms with Gasteiger partial charge < -0.3 is 9.84 Å². The zero-order valence-electron chi connectivity index (χ0n) is 10.6. The van der Waals surface area contributed by atoms with Gasteiger partial charge in [0.2, 0.25) is 0 Å². The summed E-state index contributed by atoms with van der Waals surface area (Å²) in [6, 6.07) is 0. The van der Waals surface area contributed by atoms with Crippen molar-refractivity contribution >= 4 is 0 Å². The summed E-state index contributed by atoms with van der Waals surface area (Å²) in [6.45, 7) is 3.20. The first-order valence-electron chi connectivity index (χ1n) is 7.20. The molecule has 0 radical (unpaired) electrons. The van der Waals surface area contributed by atoms with Crippen LogP contribution >= 0.6 is 0 Å². The largest absolute Gasteiger partial charge is 0.368 e. The molecule has 3 fully saturated rings. The lowest BCUT2D eigenvalue weighted by Crippen LogP contribution is -2.38. The average Bonchev–Trinajstić information content (AvgIpc) is 2.97. The molecule has 6 atom stereocenters. The predicted molar refractivity (Wildman–Crippen MR) is 65.2 cm³/mol. The predicted octanol–water partition coefficient (Wildman–Crippen LogP) is 2.72. The molecule has 1 saturated heterocycles. The molecule has 94 valence electrons. The molecule has 2 nitrogen and oxygen atoms in total. The maximum Gasteiger partial charge on any atom is 0.157 e. The molecule has 1 aliphatic heterocycles. The topological polar surface area (TPSA) is 29.5 Å². The highest BCUT2D eigenvalue weighted by Gasteiger charge is 2.68. The van der Waals surface area contributed by atoms with Gasteiger partial charge in [0.1, 0.15) is 0 Å². The van der Waals surface area contributed by atoms with Crippen LogP contribution in [0.25, 0.3) is 0 Å². The van der Waals surface area contributed by atoms with Gasteiger partial charge in [0.05, 0.1) is 6.61 Å². The van der Waals surface area contributed by atoms with E-state index in [4.69, 9.17) is 4.74 Å². The lowest BCUT2D eigenvalue weighted by Gasteiger charge is -2.36. The highest BCUT2D eigenvalue weighted by Crippen LogP contribution is 2.73. The summed E-state index contributed by atoms with van der Waals surface area (Å²) in [5.74, 6) is 2.61. The van der Waals surface area contributed by atoms with E-state index in [9.17, 15) is 5.11 Å². The zero-order valence-corrected chi connectivity index (χ0v) is 10.6. The van der Waals surface area contributed by atoms with Gasteiger partial charge in [-0.2, -0.15) is 0 Å². The van der Waals surface area contributed by atoms with Gasteiger partial charge >= 0.3 is 0 Å². The third-order valence-corrected chi connectivity index (χ3v) is 6.08. The van der Waals surface area contributed by atoms with Crippen molar-refractivity contribution < 1.29 is 9.84 Å². The lowest BCUT2D eigenvalue weighted by atomic mass is 9.77. The molecule has 17 heavy (non-hydrogen) atoms. The van der Waals surface area contributed by atoms with Crippen molar-refractivity contribution in [3.05, 3.63) is 11.6 Å². The fourth-order valence-corrected chi connectivity index (χ4v) is 5.23. The first-order chi connectivity index (χ1) is 8.22. The molecular formula is C15H22O2. The van der Waals surface area contributed by atoms with Crippen LogP contribution in [-0.2, 0) is 4.74 Å². The van der Waals surface area contributed by atoms with E-state index in [1.165, 1.54) is 25.7 Å². The van der Waals surface area contributed by atoms with Gasteiger partial charge in [0, 0.05) is 5.92 Å². The van der Waals surface area contributed by atoms with Gasteiger partial charge in [0.15, 0.2) is 6.29 Å². The Kier molecular flexibility index (Phi) is 2.09. The van der Waals surface area contributed by atoms with Gasteiger partial charge in [-0.15, -0.1) is 0 Å². The van der Waals surface area contributed by atoms with Crippen LogP contribution in [-0.4, -0.2) is 18.0 Å². The SMILES string of the molecule is C[C@@]12CCC=C3CC[C@@H]4CCO[C@@H](O)[C@@H]4[C@@H]1[C@H]32. The fraction of sp³-hybridized carbons (Fsp3) is 0.867. The van der Waals surface area contributed by atoms with E-state index in [1.54, 1.807) is 5.57 Å². The van der Waals surface area contributed by atoms with E-state index < -0.39 is 6.29 Å². The van der Waals surface area contributed by atoms with E-state index in [1.807, 2.05) is 0 Å². The van der Waals surface area contributed by atoms with Crippen LogP contribution in [0.5, 0.6) is 0 Å². The van der Waals surface area contributed by atoms with E-state index in [-0.39, 0.29) is 0 Å². The van der Waals surface area contributed by atoms with Crippen LogP contribution in [0.15, 0.2) is 11.6 Å². The molecule has 4 aliphatic rings. The molecule has 0 aromatic carbocycles. The monoisotopic (exact) mass is 234 g/mol. The molecule has 1 N–H and O–H groups in total. The third kappa shape index (κ3) is 1.29. The van der Waals surface area contributed by atoms with Crippen molar-refractivity contribution in [2.24, 2.45) is 29.1 Å². The first-order valence-corrected chi connectivity index (χ1v) is 7.20. The van der Waals surface area contributed by atoms with Crippen molar-refractivity contribution in [1.29, 1.82) is 0 Å². The Morgan fingerprint density at radius 3 is 3.18 bits per heavy atom. The van der Waals surface area contributed by atoms with Crippen molar-refractivity contribution in [3.63, 3.8) is 0 Å². The molecule has 3 aliphatic carbocycles. The van der Waals surface area contributed by atoms with Crippen molar-refractivity contribution in [1.82, 2.24) is 0 Å². The van der Waals surface area contributed by atoms with E-state index in [0.717, 1.165) is 18.9 Å². The normalized spacial score (nSPS) is 56.4. The van der Waals surface area contributed by atoms with Gasteiger partial charge in [0.25, 0.3) is 0 Å². The highest BCUT2D eigenvalue weighted by atomic mass is 16.6. The fourth-order valence-electron chi connectivity index (χ4n) is 5.23. The quantitative estimate of drug-likeness (QED) is 0.653. The maximum absolute atomic E-state index is 10.2. The summed E-state index contributed by atoms with van der Waals surface area (Å²) in [5, 5.41) is 10.2. The van der Waals surface area contributed by atoms with Gasteiger partial charge in [-0.3, -0.25) is 0 Å². The number of allylic oxidation sites excluding steroid dienone is 2. The summed E-state index contributed by atoms with van der Waals surface area (Å²) >= 11 is 0. The second-order valence-electron chi connectivity index (χ2n) is 6.75. The number of hydrogen-bond donors (Lipinski definition) is 1. The minimum atomic E-state index is -0.486. The maximum atomic E-state index is 10.2. The van der Waals surface area contributed by atoms with Crippen LogP contribution in [0, 0.1) is 29.1 Å². The molecule has 2 heteroatoms. The number of rotatable bonds is 0. The zero-order chi connectivity index (χ0) is 11.6. The summed E-state index contributed by atoms with van der Waals surface area (Å²) in [6.07, 6.45) is 8.31. The van der Waals surface area contributed by atoms with Crippen molar-refractivity contribution in [2.45, 2.75) is 45.3 Å². The van der Waals surface area contributed by atoms with Gasteiger partial charge in [-0.25, -0.2) is 0 Å².